The Morgan fingerprint density at radius 2 is 2.02 bits per heavy atom. The van der Waals surface area contributed by atoms with E-state index in [2.05, 4.69) is 27.1 Å². The number of carbonyl (C=O) groups is 1. The molecule has 12 heteroatoms. The lowest BCUT2D eigenvalue weighted by atomic mass is 10.1. The summed E-state index contributed by atoms with van der Waals surface area (Å²) in [5, 5.41) is 29.2. The number of halogens is 1. The molecule has 1 aliphatic heterocycles. The van der Waals surface area contributed by atoms with Crippen LogP contribution in [0.5, 0.6) is 5.75 Å². The maximum atomic E-state index is 14.9. The Morgan fingerprint density at radius 3 is 2.70 bits per heavy atom. The summed E-state index contributed by atoms with van der Waals surface area (Å²) in [5.41, 5.74) is 5.94. The maximum Gasteiger partial charge on any atom is 0.408 e. The first-order valence-corrected chi connectivity index (χ1v) is 12.8. The van der Waals surface area contributed by atoms with Gasteiger partial charge in [0.25, 0.3) is 0 Å². The van der Waals surface area contributed by atoms with Crippen molar-refractivity contribution in [2.24, 2.45) is 5.73 Å². The van der Waals surface area contributed by atoms with Gasteiger partial charge in [-0.2, -0.15) is 0 Å². The fourth-order valence-corrected chi connectivity index (χ4v) is 4.04. The molecule has 40 heavy (non-hydrogen) atoms. The third-order valence-corrected chi connectivity index (χ3v) is 5.97. The number of carbonyl (C=O) groups excluding carboxylic acids is 1. The van der Waals surface area contributed by atoms with Crippen LogP contribution in [0.2, 0.25) is 0 Å². The SMILES string of the molecule is C[C@@H]1CCN(/C(=C/C(=N)c2ccccc2O)C(=N)N)CCN1c1nc(C#CCNC(=O)OC(C)(C)C)ncc1F. The van der Waals surface area contributed by atoms with E-state index in [0.717, 1.165) is 6.20 Å². The summed E-state index contributed by atoms with van der Waals surface area (Å²) in [6.07, 6.45) is 2.53. The molecule has 1 aliphatic rings. The van der Waals surface area contributed by atoms with Gasteiger partial charge in [-0.1, -0.05) is 18.1 Å². The zero-order chi connectivity index (χ0) is 29.4. The Kier molecular flexibility index (Phi) is 9.66. The maximum absolute atomic E-state index is 14.9. The number of nitrogens with zero attached hydrogens (tertiary/aromatic N) is 4. The average molecular weight is 551 g/mol. The lowest BCUT2D eigenvalue weighted by Gasteiger charge is -2.28. The molecule has 212 valence electrons. The Hall–Kier alpha value is -4.66. The second-order valence-electron chi connectivity index (χ2n) is 10.2. The van der Waals surface area contributed by atoms with E-state index in [-0.39, 0.29) is 41.5 Å². The molecule has 3 rings (SSSR count). The number of hydrogen-bond acceptors (Lipinski definition) is 9. The highest BCUT2D eigenvalue weighted by Gasteiger charge is 2.27. The minimum atomic E-state index is -0.626. The molecule has 1 saturated heterocycles. The molecule has 1 aromatic heterocycles. The van der Waals surface area contributed by atoms with Crippen LogP contribution in [-0.4, -0.2) is 75.4 Å². The number of rotatable bonds is 6. The van der Waals surface area contributed by atoms with Crippen molar-refractivity contribution in [3.8, 4) is 17.6 Å². The second kappa shape index (κ2) is 12.9. The van der Waals surface area contributed by atoms with E-state index < -0.39 is 17.5 Å². The third-order valence-electron chi connectivity index (χ3n) is 5.97. The standard InChI is InChI=1S/C28H35FN8O3/c1-18-11-13-36(22(25(31)32)16-21(30)19-8-5-6-9-23(19)38)14-15-37(18)26-20(29)17-34-24(35-26)10-7-12-33-27(39)40-28(2,3)4/h5-6,8-9,16-18,30,38H,11-15H2,1-4H3,(H3,31,32)(H,33,39)/b22-16+,30-21?/t18-/m1/s1. The summed E-state index contributed by atoms with van der Waals surface area (Å²) in [4.78, 5) is 23.7. The topological polar surface area (TPSA) is 165 Å². The van der Waals surface area contributed by atoms with Gasteiger partial charge in [0.2, 0.25) is 5.82 Å². The van der Waals surface area contributed by atoms with E-state index in [4.69, 9.17) is 21.3 Å². The van der Waals surface area contributed by atoms with Crippen LogP contribution in [0.15, 0.2) is 42.2 Å². The molecule has 1 aromatic carbocycles. The Morgan fingerprint density at radius 1 is 1.30 bits per heavy atom. The predicted octanol–water partition coefficient (Wildman–Crippen LogP) is 2.99. The minimum Gasteiger partial charge on any atom is -0.507 e. The normalized spacial score (nSPS) is 15.9. The summed E-state index contributed by atoms with van der Waals surface area (Å²) < 4.78 is 20.0. The number of phenols is 1. The van der Waals surface area contributed by atoms with Gasteiger partial charge in [0.1, 0.15) is 17.2 Å². The van der Waals surface area contributed by atoms with E-state index in [1.54, 1.807) is 39.0 Å². The highest BCUT2D eigenvalue weighted by Crippen LogP contribution is 2.24. The van der Waals surface area contributed by atoms with Crippen LogP contribution >= 0.6 is 0 Å². The van der Waals surface area contributed by atoms with Crippen LogP contribution in [0.4, 0.5) is 15.0 Å². The number of amides is 1. The number of hydrogen-bond donors (Lipinski definition) is 5. The van der Waals surface area contributed by atoms with E-state index in [1.807, 2.05) is 16.7 Å². The first kappa shape index (κ1) is 29.9. The van der Waals surface area contributed by atoms with E-state index in [0.29, 0.717) is 37.3 Å². The Labute approximate surface area is 233 Å². The van der Waals surface area contributed by atoms with Gasteiger partial charge in [-0.3, -0.25) is 5.41 Å². The minimum absolute atomic E-state index is 0.00990. The molecule has 0 spiro atoms. The Balaban J connectivity index is 1.74. The summed E-state index contributed by atoms with van der Waals surface area (Å²) in [6, 6.07) is 6.36. The monoisotopic (exact) mass is 550 g/mol. The van der Waals surface area contributed by atoms with Crippen molar-refractivity contribution in [3.63, 3.8) is 0 Å². The number of para-hydroxylation sites is 1. The van der Waals surface area contributed by atoms with Crippen molar-refractivity contribution in [1.29, 1.82) is 10.8 Å². The fraction of sp³-hybridized carbons (Fsp3) is 0.393. The van der Waals surface area contributed by atoms with Crippen molar-refractivity contribution in [2.75, 3.05) is 31.1 Å². The van der Waals surface area contributed by atoms with Crippen LogP contribution in [-0.2, 0) is 4.74 Å². The van der Waals surface area contributed by atoms with Crippen molar-refractivity contribution in [2.45, 2.75) is 45.8 Å². The number of phenolic OH excluding ortho intramolecular Hbond substituents is 1. The molecule has 0 bridgehead atoms. The van der Waals surface area contributed by atoms with Gasteiger partial charge in [0.05, 0.1) is 24.2 Å². The summed E-state index contributed by atoms with van der Waals surface area (Å²) >= 11 is 0. The molecule has 1 fully saturated rings. The molecular weight excluding hydrogens is 515 g/mol. The van der Waals surface area contributed by atoms with E-state index in [1.165, 1.54) is 12.1 Å². The summed E-state index contributed by atoms with van der Waals surface area (Å²) in [7, 11) is 0. The van der Waals surface area contributed by atoms with Crippen molar-refractivity contribution < 1.29 is 19.0 Å². The average Bonchev–Trinajstić information content (AvgIpc) is 3.06. The van der Waals surface area contributed by atoms with E-state index in [9.17, 15) is 14.3 Å². The molecule has 1 amide bonds. The summed E-state index contributed by atoms with van der Waals surface area (Å²) in [5.74, 6) is 4.84. The second-order valence-corrected chi connectivity index (χ2v) is 10.2. The number of alkyl carbamates (subject to hydrolysis) is 1. The molecule has 0 aliphatic carbocycles. The number of anilines is 1. The molecule has 2 heterocycles. The molecule has 0 radical (unpaired) electrons. The van der Waals surface area contributed by atoms with Gasteiger partial charge in [0, 0.05) is 31.2 Å². The van der Waals surface area contributed by atoms with Crippen LogP contribution in [0.3, 0.4) is 0 Å². The van der Waals surface area contributed by atoms with Gasteiger partial charge in [-0.25, -0.2) is 19.2 Å². The number of aromatic hydroxyl groups is 1. The number of aromatic nitrogens is 2. The van der Waals surface area contributed by atoms with Crippen LogP contribution < -0.4 is 16.0 Å². The largest absolute Gasteiger partial charge is 0.507 e. The van der Waals surface area contributed by atoms with Crippen molar-refractivity contribution in [1.82, 2.24) is 20.2 Å². The molecular formula is C28H35FN8O3. The highest BCUT2D eigenvalue weighted by atomic mass is 19.1. The first-order chi connectivity index (χ1) is 18.9. The molecule has 2 aromatic rings. The number of nitrogens with two attached hydrogens (primary N) is 1. The molecule has 6 N–H and O–H groups in total. The first-order valence-electron chi connectivity index (χ1n) is 12.8. The molecule has 0 unspecified atom stereocenters. The molecule has 0 saturated carbocycles. The van der Waals surface area contributed by atoms with Crippen molar-refractivity contribution in [3.05, 3.63) is 59.4 Å². The fourth-order valence-electron chi connectivity index (χ4n) is 4.04. The quantitative estimate of drug-likeness (QED) is 0.208. The number of ether oxygens (including phenoxy) is 1. The van der Waals surface area contributed by atoms with Crippen LogP contribution in [0.1, 0.15) is 45.5 Å². The van der Waals surface area contributed by atoms with E-state index >= 15 is 0 Å². The lowest BCUT2D eigenvalue weighted by molar-refractivity contribution is 0.0535. The highest BCUT2D eigenvalue weighted by molar-refractivity contribution is 6.12. The number of nitrogens with one attached hydrogen (secondary N) is 3. The third kappa shape index (κ3) is 8.17. The van der Waals surface area contributed by atoms with Crippen molar-refractivity contribution >= 4 is 23.5 Å². The zero-order valence-corrected chi connectivity index (χ0v) is 23.1. The van der Waals surface area contributed by atoms with Gasteiger partial charge >= 0.3 is 6.09 Å². The van der Waals surface area contributed by atoms with Crippen LogP contribution in [0.25, 0.3) is 0 Å². The van der Waals surface area contributed by atoms with Gasteiger partial charge in [0.15, 0.2) is 11.6 Å². The number of amidine groups is 1. The zero-order valence-electron chi connectivity index (χ0n) is 23.1. The van der Waals surface area contributed by atoms with Crippen LogP contribution in [0, 0.1) is 28.5 Å². The van der Waals surface area contributed by atoms with Gasteiger partial charge in [-0.15, -0.1) is 0 Å². The van der Waals surface area contributed by atoms with Gasteiger partial charge < -0.3 is 36.1 Å². The molecule has 1 atom stereocenters. The number of benzene rings is 1. The Bertz CT molecular complexity index is 1360. The predicted molar refractivity (Wildman–Crippen MR) is 151 cm³/mol. The lowest BCUT2D eigenvalue weighted by Crippen LogP contribution is -2.37. The smallest absolute Gasteiger partial charge is 0.408 e. The summed E-state index contributed by atoms with van der Waals surface area (Å²) in [6.45, 7) is 8.48. The number of allylic oxidation sites excluding steroid dienone is 1. The molecule has 11 nitrogen and oxygen atoms in total. The van der Waals surface area contributed by atoms with Gasteiger partial charge in [-0.05, 0) is 58.2 Å².